The molecule has 366 valence electrons. The molecule has 0 aromatic heterocycles. The molecule has 0 saturated heterocycles. The van der Waals surface area contributed by atoms with Gasteiger partial charge < -0.3 is 14.2 Å². The lowest BCUT2D eigenvalue weighted by molar-refractivity contribution is -0.166. The molecule has 0 N–H and O–H groups in total. The zero-order valence-corrected chi connectivity index (χ0v) is 41.8. The lowest BCUT2D eigenvalue weighted by Crippen LogP contribution is -2.30. The summed E-state index contributed by atoms with van der Waals surface area (Å²) in [5.41, 5.74) is 0. The molecule has 0 rings (SSSR count). The van der Waals surface area contributed by atoms with Crippen LogP contribution in [0.2, 0.25) is 0 Å². The minimum absolute atomic E-state index is 0.0907. The number of unbranched alkanes of at least 4 members (excludes halogenated alkanes) is 30. The summed E-state index contributed by atoms with van der Waals surface area (Å²) in [6.07, 6.45) is 62.6. The van der Waals surface area contributed by atoms with Crippen molar-refractivity contribution >= 4 is 17.9 Å². The lowest BCUT2D eigenvalue weighted by Gasteiger charge is -2.18. The van der Waals surface area contributed by atoms with Gasteiger partial charge in [-0.2, -0.15) is 0 Å². The zero-order valence-electron chi connectivity index (χ0n) is 41.8. The van der Waals surface area contributed by atoms with E-state index in [9.17, 15) is 14.4 Å². The van der Waals surface area contributed by atoms with Crippen LogP contribution >= 0.6 is 0 Å². The van der Waals surface area contributed by atoms with E-state index in [1.54, 1.807) is 0 Å². The second kappa shape index (κ2) is 52.0. The summed E-state index contributed by atoms with van der Waals surface area (Å²) in [6.45, 7) is 6.49. The molecule has 0 saturated carbocycles. The van der Waals surface area contributed by atoms with Crippen LogP contribution in [0.3, 0.4) is 0 Å². The Morgan fingerprint density at radius 1 is 0.333 bits per heavy atom. The number of carbonyl (C=O) groups excluding carboxylic acids is 3. The predicted octanol–water partition coefficient (Wildman–Crippen LogP) is 17.9. The van der Waals surface area contributed by atoms with Crippen LogP contribution in [0.15, 0.2) is 48.6 Å². The molecule has 6 nitrogen and oxygen atoms in total. The molecule has 0 aliphatic carbocycles. The third kappa shape index (κ3) is 50.2. The molecule has 6 heteroatoms. The first kappa shape index (κ1) is 60.4. The Morgan fingerprint density at radius 3 is 0.968 bits per heavy atom. The van der Waals surface area contributed by atoms with Gasteiger partial charge in [-0.25, -0.2) is 0 Å². The third-order valence-electron chi connectivity index (χ3n) is 11.9. The van der Waals surface area contributed by atoms with Crippen molar-refractivity contribution in [3.8, 4) is 0 Å². The van der Waals surface area contributed by atoms with E-state index in [0.717, 1.165) is 64.2 Å². The lowest BCUT2D eigenvalue weighted by atomic mass is 10.0. The Labute approximate surface area is 390 Å². The molecule has 0 spiro atoms. The second-order valence-electron chi connectivity index (χ2n) is 18.1. The first-order valence-corrected chi connectivity index (χ1v) is 27.1. The van der Waals surface area contributed by atoms with Crippen LogP contribution in [0.5, 0.6) is 0 Å². The molecule has 1 unspecified atom stereocenters. The van der Waals surface area contributed by atoms with Crippen molar-refractivity contribution in [1.29, 1.82) is 0 Å². The molecular weight excluding hydrogens is 781 g/mol. The van der Waals surface area contributed by atoms with E-state index in [-0.39, 0.29) is 37.5 Å². The molecule has 0 radical (unpaired) electrons. The van der Waals surface area contributed by atoms with Crippen molar-refractivity contribution in [3.63, 3.8) is 0 Å². The van der Waals surface area contributed by atoms with Gasteiger partial charge in [0.15, 0.2) is 6.10 Å². The van der Waals surface area contributed by atoms with Crippen molar-refractivity contribution in [3.05, 3.63) is 48.6 Å². The van der Waals surface area contributed by atoms with Gasteiger partial charge >= 0.3 is 17.9 Å². The van der Waals surface area contributed by atoms with Gasteiger partial charge in [-0.1, -0.05) is 262 Å². The third-order valence-corrected chi connectivity index (χ3v) is 11.9. The molecule has 0 aromatic rings. The molecule has 1 atom stereocenters. The number of esters is 3. The fourth-order valence-corrected chi connectivity index (χ4v) is 7.81. The molecule has 0 aliphatic heterocycles. The van der Waals surface area contributed by atoms with Crippen LogP contribution in [0.4, 0.5) is 0 Å². The van der Waals surface area contributed by atoms with Crippen LogP contribution < -0.4 is 0 Å². The van der Waals surface area contributed by atoms with Crippen molar-refractivity contribution in [1.82, 2.24) is 0 Å². The monoisotopic (exact) mass is 883 g/mol. The van der Waals surface area contributed by atoms with E-state index in [4.69, 9.17) is 14.2 Å². The summed E-state index contributed by atoms with van der Waals surface area (Å²) in [5.74, 6) is -0.962. The topological polar surface area (TPSA) is 78.9 Å². The van der Waals surface area contributed by atoms with Crippen LogP contribution in [0, 0.1) is 0 Å². The number of hydrogen-bond acceptors (Lipinski definition) is 6. The predicted molar refractivity (Wildman–Crippen MR) is 270 cm³/mol. The SMILES string of the molecule is CC/C=C\C/C=C\C/C=C\C/C=C\CCC(=O)OCC(COC(=O)CCCCCCCCCCCCCCCCCC)OC(=O)CCCCCCCCCCCCCCCCCC. The minimum atomic E-state index is -0.797. The van der Waals surface area contributed by atoms with Crippen LogP contribution in [-0.4, -0.2) is 37.2 Å². The van der Waals surface area contributed by atoms with E-state index in [1.807, 2.05) is 6.08 Å². The highest BCUT2D eigenvalue weighted by Crippen LogP contribution is 2.16. The standard InChI is InChI=1S/C57H102O6/c1-4-7-10-13-16-19-22-25-27-29-32-35-38-41-44-47-50-56(59)62-53-54(52-61-55(58)49-46-43-40-37-34-31-24-21-18-15-12-9-6-3)63-57(60)51-48-45-42-39-36-33-30-28-26-23-20-17-14-11-8-5-2/h9,12,18,21,31,34,40,43,54H,4-8,10-11,13-17,19-20,22-30,32-33,35-39,41-42,44-53H2,1-3H3/b12-9-,21-18-,34-31-,43-40-. The number of rotatable bonds is 49. The highest BCUT2D eigenvalue weighted by molar-refractivity contribution is 5.71. The van der Waals surface area contributed by atoms with Gasteiger partial charge in [0.05, 0.1) is 0 Å². The van der Waals surface area contributed by atoms with E-state index in [1.165, 1.54) is 167 Å². The Morgan fingerprint density at radius 2 is 0.619 bits per heavy atom. The number of hydrogen-bond donors (Lipinski definition) is 0. The highest BCUT2D eigenvalue weighted by atomic mass is 16.6. The zero-order chi connectivity index (χ0) is 45.8. The second-order valence-corrected chi connectivity index (χ2v) is 18.1. The molecule has 0 heterocycles. The van der Waals surface area contributed by atoms with Gasteiger partial charge in [0.25, 0.3) is 0 Å². The van der Waals surface area contributed by atoms with Gasteiger partial charge in [-0.15, -0.1) is 0 Å². The molecule has 0 fully saturated rings. The Balaban J connectivity index is 4.40. The largest absolute Gasteiger partial charge is 0.462 e. The summed E-state index contributed by atoms with van der Waals surface area (Å²) in [6, 6.07) is 0. The number of allylic oxidation sites excluding steroid dienone is 8. The van der Waals surface area contributed by atoms with Gasteiger partial charge in [0.2, 0.25) is 0 Å². The summed E-state index contributed by atoms with van der Waals surface area (Å²) < 4.78 is 16.8. The van der Waals surface area contributed by atoms with Gasteiger partial charge in [-0.3, -0.25) is 14.4 Å². The molecule has 0 aliphatic rings. The molecular formula is C57H102O6. The number of carbonyl (C=O) groups is 3. The van der Waals surface area contributed by atoms with Gasteiger partial charge in [0, 0.05) is 19.3 Å². The van der Waals surface area contributed by atoms with Crippen molar-refractivity contribution in [2.45, 2.75) is 284 Å². The maximum Gasteiger partial charge on any atom is 0.306 e. The Hall–Kier alpha value is -2.63. The summed E-state index contributed by atoms with van der Waals surface area (Å²) in [7, 11) is 0. The van der Waals surface area contributed by atoms with E-state index in [2.05, 4.69) is 63.3 Å². The van der Waals surface area contributed by atoms with Crippen molar-refractivity contribution in [2.24, 2.45) is 0 Å². The Kier molecular flexibility index (Phi) is 49.8. The smallest absolute Gasteiger partial charge is 0.306 e. The van der Waals surface area contributed by atoms with Gasteiger partial charge in [-0.05, 0) is 44.9 Å². The minimum Gasteiger partial charge on any atom is -0.462 e. The molecule has 0 aromatic carbocycles. The fourth-order valence-electron chi connectivity index (χ4n) is 7.81. The summed E-state index contributed by atoms with van der Waals surface area (Å²) >= 11 is 0. The average molecular weight is 883 g/mol. The maximum atomic E-state index is 12.8. The van der Waals surface area contributed by atoms with E-state index < -0.39 is 6.10 Å². The summed E-state index contributed by atoms with van der Waals surface area (Å²) in [5, 5.41) is 0. The normalized spacial score (nSPS) is 12.4. The van der Waals surface area contributed by atoms with Gasteiger partial charge in [0.1, 0.15) is 13.2 Å². The number of ether oxygens (including phenoxy) is 3. The van der Waals surface area contributed by atoms with E-state index >= 15 is 0 Å². The maximum absolute atomic E-state index is 12.8. The first-order valence-electron chi connectivity index (χ1n) is 27.1. The van der Waals surface area contributed by atoms with E-state index in [0.29, 0.717) is 19.3 Å². The quantitative estimate of drug-likeness (QED) is 0.0262. The highest BCUT2D eigenvalue weighted by Gasteiger charge is 2.19. The Bertz CT molecular complexity index is 1110. The first-order chi connectivity index (χ1) is 31.0. The van der Waals surface area contributed by atoms with Crippen molar-refractivity contribution in [2.75, 3.05) is 13.2 Å². The molecule has 0 amide bonds. The van der Waals surface area contributed by atoms with Crippen LogP contribution in [-0.2, 0) is 28.6 Å². The molecule has 63 heavy (non-hydrogen) atoms. The fraction of sp³-hybridized carbons (Fsp3) is 0.807. The van der Waals surface area contributed by atoms with Crippen molar-refractivity contribution < 1.29 is 28.6 Å². The average Bonchev–Trinajstić information content (AvgIpc) is 3.28. The summed E-state index contributed by atoms with van der Waals surface area (Å²) in [4.78, 5) is 38.0. The molecule has 0 bridgehead atoms. The van der Waals surface area contributed by atoms with Crippen LogP contribution in [0.25, 0.3) is 0 Å². The van der Waals surface area contributed by atoms with Crippen LogP contribution in [0.1, 0.15) is 278 Å².